The highest BCUT2D eigenvalue weighted by Crippen LogP contribution is 2.46. The van der Waals surface area contributed by atoms with Gasteiger partial charge in [0.25, 0.3) is 0 Å². The van der Waals surface area contributed by atoms with Crippen LogP contribution in [0, 0.1) is 0 Å². The van der Waals surface area contributed by atoms with Gasteiger partial charge in [0.05, 0.1) is 38.6 Å². The van der Waals surface area contributed by atoms with Crippen molar-refractivity contribution in [2.75, 3.05) is 0 Å². The lowest BCUT2D eigenvalue weighted by molar-refractivity contribution is 0.668. The molecule has 0 fully saturated rings. The normalized spacial score (nSPS) is 12.2. The zero-order valence-corrected chi connectivity index (χ0v) is 57.0. The van der Waals surface area contributed by atoms with Crippen LogP contribution in [0.2, 0.25) is 0 Å². The summed E-state index contributed by atoms with van der Waals surface area (Å²) in [4.78, 5) is 5.27. The van der Waals surface area contributed by atoms with Gasteiger partial charge >= 0.3 is 0 Å². The summed E-state index contributed by atoms with van der Waals surface area (Å²) in [7, 11) is 0. The molecule has 23 rings (SSSR count). The van der Waals surface area contributed by atoms with Crippen LogP contribution in [0.1, 0.15) is 0 Å². The number of fused-ring (bicyclic) bond motifs is 19. The molecule has 492 valence electrons. The van der Waals surface area contributed by atoms with Crippen LogP contribution >= 0.6 is 0 Å². The molecule has 0 saturated carbocycles. The first-order chi connectivity index (χ1) is 52.5. The summed E-state index contributed by atoms with van der Waals surface area (Å²) in [5.74, 6) is 0. The number of hydrogen-bond donors (Lipinski definition) is 0. The molecule has 0 radical (unpaired) electrons. The van der Waals surface area contributed by atoms with E-state index in [1.165, 1.54) is 32.3 Å². The summed E-state index contributed by atoms with van der Waals surface area (Å²) >= 11 is 0. The highest BCUT2D eigenvalue weighted by Gasteiger charge is 2.23. The summed E-state index contributed by atoms with van der Waals surface area (Å²) in [5, 5.41) is 14.9. The summed E-state index contributed by atoms with van der Waals surface area (Å²) in [5.41, 5.74) is 29.7. The topological polar surface area (TPSA) is 67.1 Å². The highest BCUT2D eigenvalue weighted by molar-refractivity contribution is 6.16. The number of nitrogens with zero attached hydrogens (tertiary/aromatic N) is 4. The summed E-state index contributed by atoms with van der Waals surface area (Å²) in [6.07, 6.45) is 1.98. The number of para-hydroxylation sites is 6. The Balaban J connectivity index is 0.682. The smallest absolute Gasteiger partial charge is 0.135 e. The molecule has 106 heavy (non-hydrogen) atoms. The summed E-state index contributed by atoms with van der Waals surface area (Å²) in [6, 6.07) is 126. The van der Waals surface area contributed by atoms with Gasteiger partial charge in [-0.05, 0) is 231 Å². The van der Waals surface area contributed by atoms with E-state index in [1.807, 2.05) is 42.6 Å². The molecule has 7 aromatic heterocycles. The number of pyridine rings is 1. The lowest BCUT2D eigenvalue weighted by Crippen LogP contribution is -1.97. The quantitative estimate of drug-likeness (QED) is 0.144. The van der Waals surface area contributed by atoms with Crippen LogP contribution in [-0.4, -0.2) is 18.7 Å². The van der Waals surface area contributed by atoms with Crippen LogP contribution in [0.25, 0.3) is 226 Å². The third-order valence-electron chi connectivity index (χ3n) is 22.3. The second-order valence-corrected chi connectivity index (χ2v) is 28.1. The first-order valence-corrected chi connectivity index (χ1v) is 36.1. The van der Waals surface area contributed by atoms with Crippen molar-refractivity contribution in [3.63, 3.8) is 0 Å². The number of furan rings is 3. The molecular formula is C99H58N4O3. The molecule has 23 aromatic rings. The van der Waals surface area contributed by atoms with Crippen molar-refractivity contribution in [2.24, 2.45) is 0 Å². The minimum atomic E-state index is 0.889. The van der Waals surface area contributed by atoms with Gasteiger partial charge in [0, 0.05) is 93.3 Å². The molecule has 7 heteroatoms. The van der Waals surface area contributed by atoms with Crippen LogP contribution in [0.15, 0.2) is 365 Å². The molecule has 0 amide bonds. The maximum absolute atomic E-state index is 6.28. The molecular weight excluding hydrogens is 1290 g/mol. The van der Waals surface area contributed by atoms with Crippen molar-refractivity contribution in [1.82, 2.24) is 18.7 Å². The zero-order valence-electron chi connectivity index (χ0n) is 57.0. The molecule has 0 bridgehead atoms. The molecule has 7 nitrogen and oxygen atoms in total. The van der Waals surface area contributed by atoms with Crippen molar-refractivity contribution < 1.29 is 13.3 Å². The Hall–Kier alpha value is -14.3. The molecule has 0 unspecified atom stereocenters. The Morgan fingerprint density at radius 2 is 0.481 bits per heavy atom. The lowest BCUT2D eigenvalue weighted by Gasteiger charge is -2.17. The maximum atomic E-state index is 6.28. The van der Waals surface area contributed by atoms with Gasteiger partial charge < -0.3 is 27.0 Å². The predicted molar refractivity (Wildman–Crippen MR) is 439 cm³/mol. The fourth-order valence-corrected chi connectivity index (χ4v) is 17.4. The van der Waals surface area contributed by atoms with Crippen molar-refractivity contribution in [2.45, 2.75) is 0 Å². The second kappa shape index (κ2) is 22.6. The van der Waals surface area contributed by atoms with Crippen molar-refractivity contribution in [3.05, 3.63) is 352 Å². The molecule has 0 saturated heterocycles. The second-order valence-electron chi connectivity index (χ2n) is 28.1. The average molecular weight is 1350 g/mol. The first kappa shape index (κ1) is 58.4. The first-order valence-electron chi connectivity index (χ1n) is 36.1. The van der Waals surface area contributed by atoms with E-state index >= 15 is 0 Å². The zero-order chi connectivity index (χ0) is 69.2. The van der Waals surface area contributed by atoms with Crippen molar-refractivity contribution >= 4 is 142 Å². The predicted octanol–water partition coefficient (Wildman–Crippen LogP) is 27.2. The average Bonchev–Trinajstić information content (AvgIpc) is 1.60. The van der Waals surface area contributed by atoms with Gasteiger partial charge in [-0.2, -0.15) is 0 Å². The van der Waals surface area contributed by atoms with E-state index in [2.05, 4.69) is 323 Å². The molecule has 0 aliphatic rings. The van der Waals surface area contributed by atoms with Crippen LogP contribution in [-0.2, 0) is 0 Å². The monoisotopic (exact) mass is 1350 g/mol. The standard InChI is InChI=1S/C99H58N4O3/c1-7-28-88-72(22-1)81-51-59(62-37-43-97-84(54-62)75-25-4-10-31-94(75)104-97)34-40-91(81)101(88)68-19-13-16-65(48-68)71-46-47-100-87-58-79(67-18-15-21-70(50-67)103-90-30-9-3-24-74(90)83-53-61(36-42-93(83)103)64-39-45-99-86(56-64)77-27-6-12-33-96(77)106-99)78(57-80(71)87)66-17-14-20-69(49-66)102-89-29-8-2-23-73(89)82-52-60(35-41-92(82)102)63-38-44-98-85(55-63)76-26-5-11-32-95(76)105-98/h1-58H. The molecule has 0 aliphatic carbocycles. The summed E-state index contributed by atoms with van der Waals surface area (Å²) in [6.45, 7) is 0. The SMILES string of the molecule is c1cc(-c2cc3nccc(-c4cccc(-n5c6ccccc6c6cc(-c7ccc8oc9ccccc9c8c7)ccc65)c4)c3cc2-c2cccc(-n3c4ccccc4c4cc(-c5ccc6oc7ccccc7c6c5)ccc43)c2)cc(-n2c3ccccc3c3cc(-c4ccc5oc6ccccc6c5c4)ccc32)c1. The molecule has 0 N–H and O–H groups in total. The highest BCUT2D eigenvalue weighted by atomic mass is 16.3. The number of rotatable bonds is 9. The van der Waals surface area contributed by atoms with Gasteiger partial charge in [0.2, 0.25) is 0 Å². The molecule has 0 aliphatic heterocycles. The molecule has 16 aromatic carbocycles. The van der Waals surface area contributed by atoms with E-state index in [9.17, 15) is 0 Å². The van der Waals surface area contributed by atoms with Crippen LogP contribution in [0.4, 0.5) is 0 Å². The lowest BCUT2D eigenvalue weighted by atomic mass is 9.90. The van der Waals surface area contributed by atoms with E-state index in [1.54, 1.807) is 0 Å². The third-order valence-corrected chi connectivity index (χ3v) is 22.3. The van der Waals surface area contributed by atoms with Gasteiger partial charge in [-0.25, -0.2) is 0 Å². The fourth-order valence-electron chi connectivity index (χ4n) is 17.4. The largest absolute Gasteiger partial charge is 0.456 e. The fraction of sp³-hybridized carbons (Fsp3) is 0. The van der Waals surface area contributed by atoms with Crippen LogP contribution < -0.4 is 0 Å². The Kier molecular flexibility index (Phi) is 12.5. The third kappa shape index (κ3) is 8.90. The van der Waals surface area contributed by atoms with Gasteiger partial charge in [0.15, 0.2) is 0 Å². The summed E-state index contributed by atoms with van der Waals surface area (Å²) < 4.78 is 26.1. The maximum Gasteiger partial charge on any atom is 0.135 e. The Labute approximate surface area is 606 Å². The van der Waals surface area contributed by atoms with Gasteiger partial charge in [-0.1, -0.05) is 182 Å². The van der Waals surface area contributed by atoms with Gasteiger partial charge in [-0.3, -0.25) is 4.98 Å². The minimum absolute atomic E-state index is 0.889. The van der Waals surface area contributed by atoms with Gasteiger partial charge in [-0.15, -0.1) is 0 Å². The van der Waals surface area contributed by atoms with E-state index in [4.69, 9.17) is 18.2 Å². The van der Waals surface area contributed by atoms with E-state index in [-0.39, 0.29) is 0 Å². The van der Waals surface area contributed by atoms with E-state index in [0.717, 1.165) is 194 Å². The van der Waals surface area contributed by atoms with Crippen LogP contribution in [0.3, 0.4) is 0 Å². The molecule has 0 spiro atoms. The molecule has 7 heterocycles. The van der Waals surface area contributed by atoms with Crippen molar-refractivity contribution in [1.29, 1.82) is 0 Å². The van der Waals surface area contributed by atoms with E-state index < -0.39 is 0 Å². The number of hydrogen-bond acceptors (Lipinski definition) is 4. The molecule has 0 atom stereocenters. The van der Waals surface area contributed by atoms with Crippen LogP contribution in [0.5, 0.6) is 0 Å². The van der Waals surface area contributed by atoms with Gasteiger partial charge in [0.1, 0.15) is 33.5 Å². The van der Waals surface area contributed by atoms with Crippen molar-refractivity contribution in [3.8, 4) is 83.8 Å². The Morgan fingerprint density at radius 1 is 0.179 bits per heavy atom. The number of aromatic nitrogens is 4. The van der Waals surface area contributed by atoms with E-state index in [0.29, 0.717) is 0 Å². The number of benzene rings is 16. The minimum Gasteiger partial charge on any atom is -0.456 e. The Morgan fingerprint density at radius 3 is 0.868 bits per heavy atom. The Bertz CT molecular complexity index is 7680.